The zero-order chi connectivity index (χ0) is 17.3. The van der Waals surface area contributed by atoms with Crippen LogP contribution in [-0.4, -0.2) is 84.0 Å². The Balaban J connectivity index is 2.02. The molecule has 0 saturated carbocycles. The molecule has 4 atom stereocenters. The Morgan fingerprint density at radius 2 is 1.61 bits per heavy atom. The Hall–Kier alpha value is -1.80. The van der Waals surface area contributed by atoms with E-state index in [2.05, 4.69) is 10.6 Å². The summed E-state index contributed by atoms with van der Waals surface area (Å²) >= 11 is 0. The molecule has 2 N–H and O–H groups in total. The van der Waals surface area contributed by atoms with E-state index in [-0.39, 0.29) is 36.0 Å². The molecular weight excluding hydrogens is 300 g/mol. The first-order valence-corrected chi connectivity index (χ1v) is 7.79. The second-order valence-corrected chi connectivity index (χ2v) is 6.42. The van der Waals surface area contributed by atoms with Gasteiger partial charge in [-0.1, -0.05) is 0 Å². The van der Waals surface area contributed by atoms with Crippen molar-refractivity contribution in [1.82, 2.24) is 20.4 Å². The van der Waals surface area contributed by atoms with E-state index in [0.717, 1.165) is 0 Å². The molecule has 0 radical (unpaired) electrons. The number of amides is 2. The van der Waals surface area contributed by atoms with Gasteiger partial charge in [-0.2, -0.15) is 0 Å². The zero-order valence-electron chi connectivity index (χ0n) is 14.0. The number of ketones is 2. The number of hydrogen-bond acceptors (Lipinski definition) is 6. The molecule has 8 heteroatoms. The number of nitrogens with one attached hydrogen (secondary N) is 2. The summed E-state index contributed by atoms with van der Waals surface area (Å²) in [6, 6.07) is -1.92. The normalized spacial score (nSPS) is 33.0. The van der Waals surface area contributed by atoms with E-state index in [1.807, 2.05) is 4.90 Å². The average molecular weight is 324 g/mol. The van der Waals surface area contributed by atoms with E-state index in [1.165, 1.54) is 6.92 Å². The largest absolute Gasteiger partial charge is 0.344 e. The van der Waals surface area contributed by atoms with Crippen LogP contribution >= 0.6 is 0 Å². The summed E-state index contributed by atoms with van der Waals surface area (Å²) in [5.41, 5.74) is 0. The highest BCUT2D eigenvalue weighted by Gasteiger charge is 2.37. The lowest BCUT2D eigenvalue weighted by atomic mass is 10.0. The second-order valence-electron chi connectivity index (χ2n) is 6.42. The number of piperazine rings is 2. The van der Waals surface area contributed by atoms with E-state index in [0.29, 0.717) is 13.1 Å². The summed E-state index contributed by atoms with van der Waals surface area (Å²) in [4.78, 5) is 51.3. The first-order valence-electron chi connectivity index (χ1n) is 7.79. The number of hydrogen-bond donors (Lipinski definition) is 2. The van der Waals surface area contributed by atoms with E-state index in [9.17, 15) is 19.2 Å². The van der Waals surface area contributed by atoms with Gasteiger partial charge in [-0.05, 0) is 27.8 Å². The van der Waals surface area contributed by atoms with Gasteiger partial charge in [0.05, 0.1) is 24.7 Å². The standard InChI is InChI=1S/C15H24N4O4/c1-8-14(22)17-12(5-18(8)4)13(21)7-19-6-11(10(3)20)16-15(23)9(19)2/h8-9,11-12H,5-7H2,1-4H3,(H,16,23)(H,17,22)/t8-,9-,11+,12+/m0/s1. The van der Waals surface area contributed by atoms with Gasteiger partial charge in [0.25, 0.3) is 0 Å². The molecule has 0 aliphatic carbocycles. The van der Waals surface area contributed by atoms with Crippen molar-refractivity contribution < 1.29 is 19.2 Å². The quantitative estimate of drug-likeness (QED) is 0.630. The summed E-state index contributed by atoms with van der Waals surface area (Å²) < 4.78 is 0. The maximum Gasteiger partial charge on any atom is 0.237 e. The Kier molecular flexibility index (Phi) is 5.16. The lowest BCUT2D eigenvalue weighted by molar-refractivity contribution is -0.139. The van der Waals surface area contributed by atoms with Crippen molar-refractivity contribution in [1.29, 1.82) is 0 Å². The minimum Gasteiger partial charge on any atom is -0.344 e. The van der Waals surface area contributed by atoms with Crippen LogP contribution in [0.2, 0.25) is 0 Å². The van der Waals surface area contributed by atoms with Gasteiger partial charge in [0.2, 0.25) is 11.8 Å². The molecule has 8 nitrogen and oxygen atoms in total. The summed E-state index contributed by atoms with van der Waals surface area (Å²) in [7, 11) is 1.80. The molecule has 128 valence electrons. The number of rotatable bonds is 4. The maximum atomic E-state index is 12.5. The Morgan fingerprint density at radius 1 is 1.04 bits per heavy atom. The predicted octanol–water partition coefficient (Wildman–Crippen LogP) is -1.85. The van der Waals surface area contributed by atoms with Crippen molar-refractivity contribution in [3.63, 3.8) is 0 Å². The lowest BCUT2D eigenvalue weighted by Crippen LogP contribution is -2.64. The van der Waals surface area contributed by atoms with Crippen LogP contribution < -0.4 is 10.6 Å². The van der Waals surface area contributed by atoms with Crippen LogP contribution in [0.25, 0.3) is 0 Å². The smallest absolute Gasteiger partial charge is 0.237 e. The molecule has 2 heterocycles. The number of nitrogens with zero attached hydrogens (tertiary/aromatic N) is 2. The molecule has 0 spiro atoms. The second kappa shape index (κ2) is 6.76. The molecular formula is C15H24N4O4. The van der Waals surface area contributed by atoms with Gasteiger partial charge in [-0.3, -0.25) is 29.0 Å². The van der Waals surface area contributed by atoms with Crippen LogP contribution in [-0.2, 0) is 19.2 Å². The number of carbonyl (C=O) groups is 4. The lowest BCUT2D eigenvalue weighted by Gasteiger charge is -2.38. The highest BCUT2D eigenvalue weighted by molar-refractivity contribution is 5.95. The highest BCUT2D eigenvalue weighted by atomic mass is 16.2. The average Bonchev–Trinajstić information content (AvgIpc) is 2.48. The van der Waals surface area contributed by atoms with Gasteiger partial charge in [0.15, 0.2) is 11.6 Å². The van der Waals surface area contributed by atoms with E-state index in [1.54, 1.807) is 25.8 Å². The number of carbonyl (C=O) groups excluding carboxylic acids is 4. The minimum absolute atomic E-state index is 0.0333. The van der Waals surface area contributed by atoms with Crippen molar-refractivity contribution in [3.8, 4) is 0 Å². The monoisotopic (exact) mass is 324 g/mol. The number of Topliss-reactive ketones (excluding diaryl/α,β-unsaturated/α-hetero) is 2. The van der Waals surface area contributed by atoms with Gasteiger partial charge < -0.3 is 10.6 Å². The van der Waals surface area contributed by atoms with E-state index in [4.69, 9.17) is 0 Å². The summed E-state index contributed by atoms with van der Waals surface area (Å²) in [6.07, 6.45) is 0. The Labute approximate surface area is 135 Å². The van der Waals surface area contributed by atoms with Crippen LogP contribution in [0.3, 0.4) is 0 Å². The number of likely N-dealkylation sites (N-methyl/N-ethyl adjacent to an activating group) is 1. The molecule has 2 saturated heterocycles. The van der Waals surface area contributed by atoms with Gasteiger partial charge in [-0.25, -0.2) is 0 Å². The SMILES string of the molecule is CC(=O)[C@H]1CN(CC(=O)[C@H]2CN(C)[C@@H](C)C(=O)N2)[C@@H](C)C(=O)N1. The maximum absolute atomic E-state index is 12.5. The Morgan fingerprint density at radius 3 is 2.17 bits per heavy atom. The molecule has 0 bridgehead atoms. The summed E-state index contributed by atoms with van der Waals surface area (Å²) in [5, 5.41) is 5.37. The third-order valence-electron chi connectivity index (χ3n) is 4.73. The summed E-state index contributed by atoms with van der Waals surface area (Å²) in [6.45, 7) is 5.68. The van der Waals surface area contributed by atoms with E-state index >= 15 is 0 Å². The van der Waals surface area contributed by atoms with Crippen LogP contribution in [0, 0.1) is 0 Å². The molecule has 2 aliphatic rings. The molecule has 23 heavy (non-hydrogen) atoms. The van der Waals surface area contributed by atoms with Crippen LogP contribution in [0.15, 0.2) is 0 Å². The van der Waals surface area contributed by atoms with Crippen molar-refractivity contribution in [2.24, 2.45) is 0 Å². The van der Waals surface area contributed by atoms with Crippen LogP contribution in [0.1, 0.15) is 20.8 Å². The van der Waals surface area contributed by atoms with Crippen molar-refractivity contribution in [2.75, 3.05) is 26.7 Å². The molecule has 2 rings (SSSR count). The van der Waals surface area contributed by atoms with Gasteiger partial charge in [-0.15, -0.1) is 0 Å². The topological polar surface area (TPSA) is 98.8 Å². The molecule has 0 aromatic rings. The third-order valence-corrected chi connectivity index (χ3v) is 4.73. The van der Waals surface area contributed by atoms with Gasteiger partial charge in [0, 0.05) is 13.1 Å². The molecule has 2 fully saturated rings. The minimum atomic E-state index is -0.588. The highest BCUT2D eigenvalue weighted by Crippen LogP contribution is 2.11. The fourth-order valence-electron chi connectivity index (χ4n) is 2.80. The van der Waals surface area contributed by atoms with Gasteiger partial charge in [0.1, 0.15) is 6.04 Å². The molecule has 2 amide bonds. The van der Waals surface area contributed by atoms with Crippen molar-refractivity contribution >= 4 is 23.4 Å². The van der Waals surface area contributed by atoms with Crippen LogP contribution in [0.5, 0.6) is 0 Å². The fraction of sp³-hybridized carbons (Fsp3) is 0.733. The predicted molar refractivity (Wildman–Crippen MR) is 82.7 cm³/mol. The van der Waals surface area contributed by atoms with Crippen molar-refractivity contribution in [3.05, 3.63) is 0 Å². The molecule has 0 unspecified atom stereocenters. The molecule has 0 aromatic carbocycles. The Bertz CT molecular complexity index is 536. The molecule has 2 aliphatic heterocycles. The zero-order valence-corrected chi connectivity index (χ0v) is 14.0. The van der Waals surface area contributed by atoms with E-state index < -0.39 is 18.1 Å². The van der Waals surface area contributed by atoms with Gasteiger partial charge >= 0.3 is 0 Å². The first kappa shape index (κ1) is 17.6. The summed E-state index contributed by atoms with van der Waals surface area (Å²) in [5.74, 6) is -0.728. The third kappa shape index (κ3) is 3.76. The fourth-order valence-corrected chi connectivity index (χ4v) is 2.80. The molecule has 0 aromatic heterocycles. The van der Waals surface area contributed by atoms with Crippen molar-refractivity contribution in [2.45, 2.75) is 44.9 Å². The van der Waals surface area contributed by atoms with Crippen LogP contribution in [0.4, 0.5) is 0 Å². The first-order chi connectivity index (χ1) is 10.7.